The zero-order chi connectivity index (χ0) is 27.9. The lowest BCUT2D eigenvalue weighted by atomic mass is 9.74. The second-order valence-electron chi connectivity index (χ2n) is 11.9. The van der Waals surface area contributed by atoms with Gasteiger partial charge in [-0.3, -0.25) is 0 Å². The molecule has 0 N–H and O–H groups in total. The van der Waals surface area contributed by atoms with Crippen LogP contribution in [0.4, 0.5) is 0 Å². The summed E-state index contributed by atoms with van der Waals surface area (Å²) in [6, 6.07) is 13.0. The molecule has 1 aliphatic heterocycles. The van der Waals surface area contributed by atoms with Crippen LogP contribution in [0.1, 0.15) is 135 Å². The molecule has 1 aromatic carbocycles. The van der Waals surface area contributed by atoms with Crippen LogP contribution < -0.4 is 0 Å². The van der Waals surface area contributed by atoms with Gasteiger partial charge in [0.15, 0.2) is 0 Å². The third-order valence-corrected chi connectivity index (χ3v) is 8.51. The Labute approximate surface area is 241 Å². The van der Waals surface area contributed by atoms with E-state index in [0.29, 0.717) is 6.61 Å². The van der Waals surface area contributed by atoms with Crippen molar-refractivity contribution in [2.75, 3.05) is 39.5 Å². The van der Waals surface area contributed by atoms with Gasteiger partial charge in [0.05, 0.1) is 24.2 Å². The Kier molecular flexibility index (Phi) is 19.3. The van der Waals surface area contributed by atoms with Gasteiger partial charge in [0.1, 0.15) is 0 Å². The number of nitriles is 1. The summed E-state index contributed by atoms with van der Waals surface area (Å²) >= 11 is 0. The molecule has 1 saturated heterocycles. The Morgan fingerprint density at radius 3 is 1.79 bits per heavy atom. The smallest absolute Gasteiger partial charge is 0.0934 e. The minimum Gasteiger partial charge on any atom is -0.379 e. The van der Waals surface area contributed by atoms with Crippen molar-refractivity contribution in [2.24, 2.45) is 0 Å². The average molecular weight is 541 g/mol. The van der Waals surface area contributed by atoms with Gasteiger partial charge < -0.3 is 14.4 Å². The van der Waals surface area contributed by atoms with Gasteiger partial charge >= 0.3 is 0 Å². The van der Waals surface area contributed by atoms with Gasteiger partial charge in [-0.2, -0.15) is 5.26 Å². The second kappa shape index (κ2) is 22.3. The Hall–Kier alpha value is -1.41. The molecular formula is C35H60N2O2. The highest BCUT2D eigenvalue weighted by Crippen LogP contribution is 2.35. The molecule has 1 unspecified atom stereocenters. The van der Waals surface area contributed by atoms with Gasteiger partial charge in [0, 0.05) is 32.8 Å². The quantitative estimate of drug-likeness (QED) is 0.123. The molecule has 4 nitrogen and oxygen atoms in total. The fraction of sp³-hybridized carbons (Fsp3) is 0.800. The van der Waals surface area contributed by atoms with E-state index in [9.17, 15) is 5.26 Å². The molecule has 1 fully saturated rings. The van der Waals surface area contributed by atoms with Gasteiger partial charge in [-0.1, -0.05) is 134 Å². The maximum atomic E-state index is 10.1. The van der Waals surface area contributed by atoms with Crippen LogP contribution in [0, 0.1) is 11.3 Å². The molecule has 0 amide bonds. The van der Waals surface area contributed by atoms with Gasteiger partial charge in [-0.25, -0.2) is 0 Å². The van der Waals surface area contributed by atoms with Gasteiger partial charge in [0.25, 0.3) is 0 Å². The molecule has 0 bridgehead atoms. The molecule has 0 aliphatic carbocycles. The van der Waals surface area contributed by atoms with Crippen molar-refractivity contribution in [1.29, 1.82) is 5.26 Å². The van der Waals surface area contributed by atoms with Crippen molar-refractivity contribution in [3.05, 3.63) is 35.9 Å². The standard InChI is InChI=1S/C35H60N2O2/c1-3-5-7-9-11-13-15-20-28-38-31-34(39-29-21-16-14-12-10-8-6-4-2)30-37-26-24-35(32-36,25-27-37)33-22-18-17-19-23-33/h17-19,22-23,34H,3-16,20-21,24-31H2,1-2H3. The second-order valence-corrected chi connectivity index (χ2v) is 11.9. The van der Waals surface area contributed by atoms with Crippen LogP contribution in [0.3, 0.4) is 0 Å². The van der Waals surface area contributed by atoms with E-state index in [2.05, 4.69) is 49.1 Å². The Bertz CT molecular complexity index is 724. The maximum absolute atomic E-state index is 10.1. The van der Waals surface area contributed by atoms with Gasteiger partial charge in [-0.05, 0) is 31.2 Å². The number of ether oxygens (including phenoxy) is 2. The Morgan fingerprint density at radius 2 is 1.26 bits per heavy atom. The number of likely N-dealkylation sites (tertiary alicyclic amines) is 1. The van der Waals surface area contributed by atoms with Gasteiger partial charge in [-0.15, -0.1) is 0 Å². The highest BCUT2D eigenvalue weighted by molar-refractivity contribution is 5.33. The molecule has 1 heterocycles. The minimum atomic E-state index is -0.349. The molecule has 4 heteroatoms. The summed E-state index contributed by atoms with van der Waals surface area (Å²) in [7, 11) is 0. The topological polar surface area (TPSA) is 45.5 Å². The normalized spacial score (nSPS) is 16.2. The minimum absolute atomic E-state index is 0.120. The number of rotatable bonds is 24. The zero-order valence-electron chi connectivity index (χ0n) is 25.6. The first kappa shape index (κ1) is 33.8. The van der Waals surface area contributed by atoms with E-state index in [1.165, 1.54) is 95.5 Å². The van der Waals surface area contributed by atoms with Crippen molar-refractivity contribution in [3.8, 4) is 6.07 Å². The van der Waals surface area contributed by atoms with Crippen LogP contribution >= 0.6 is 0 Å². The van der Waals surface area contributed by atoms with E-state index in [0.717, 1.165) is 58.5 Å². The predicted octanol–water partition coefficient (Wildman–Crippen LogP) is 9.23. The Morgan fingerprint density at radius 1 is 0.744 bits per heavy atom. The molecule has 0 aromatic heterocycles. The van der Waals surface area contributed by atoms with Crippen molar-refractivity contribution in [1.82, 2.24) is 4.90 Å². The highest BCUT2D eigenvalue weighted by atomic mass is 16.5. The number of unbranched alkanes of at least 4 members (excludes halogenated alkanes) is 14. The van der Waals surface area contributed by atoms with E-state index in [4.69, 9.17) is 9.47 Å². The molecule has 1 atom stereocenters. The summed E-state index contributed by atoms with van der Waals surface area (Å²) in [5.41, 5.74) is 0.821. The van der Waals surface area contributed by atoms with Crippen LogP contribution in [0.5, 0.6) is 0 Å². The van der Waals surface area contributed by atoms with Crippen LogP contribution in [0.2, 0.25) is 0 Å². The number of piperidine rings is 1. The molecule has 0 saturated carbocycles. The summed E-state index contributed by atoms with van der Waals surface area (Å²) in [5.74, 6) is 0. The fourth-order valence-corrected chi connectivity index (χ4v) is 5.82. The van der Waals surface area contributed by atoms with Crippen molar-refractivity contribution in [3.63, 3.8) is 0 Å². The first-order valence-electron chi connectivity index (χ1n) is 16.6. The van der Waals surface area contributed by atoms with Gasteiger partial charge in [0.2, 0.25) is 0 Å². The SMILES string of the molecule is CCCCCCCCCCOCC(CN1CCC(C#N)(c2ccccc2)CC1)OCCCCCCCCCC. The lowest BCUT2D eigenvalue weighted by Gasteiger charge is -2.38. The van der Waals surface area contributed by atoms with Crippen LogP contribution in [0.15, 0.2) is 30.3 Å². The highest BCUT2D eigenvalue weighted by Gasteiger charge is 2.36. The molecule has 222 valence electrons. The predicted molar refractivity (Wildman–Crippen MR) is 165 cm³/mol. The van der Waals surface area contributed by atoms with Crippen LogP contribution in [-0.4, -0.2) is 50.5 Å². The molecule has 2 rings (SSSR count). The lowest BCUT2D eigenvalue weighted by molar-refractivity contribution is -0.0379. The van der Waals surface area contributed by atoms with Crippen molar-refractivity contribution < 1.29 is 9.47 Å². The third-order valence-electron chi connectivity index (χ3n) is 8.51. The number of benzene rings is 1. The summed E-state index contributed by atoms with van der Waals surface area (Å²) in [6.45, 7) is 9.71. The first-order chi connectivity index (χ1) is 19.2. The summed E-state index contributed by atoms with van der Waals surface area (Å²) in [4.78, 5) is 2.50. The Balaban J connectivity index is 1.71. The summed E-state index contributed by atoms with van der Waals surface area (Å²) in [5, 5.41) is 10.1. The third kappa shape index (κ3) is 14.7. The number of hydrogen-bond donors (Lipinski definition) is 0. The van der Waals surface area contributed by atoms with E-state index in [1.807, 2.05) is 6.07 Å². The molecular weight excluding hydrogens is 480 g/mol. The van der Waals surface area contributed by atoms with Crippen LogP contribution in [-0.2, 0) is 14.9 Å². The lowest BCUT2D eigenvalue weighted by Crippen LogP contribution is -2.46. The maximum Gasteiger partial charge on any atom is 0.0934 e. The summed E-state index contributed by atoms with van der Waals surface area (Å²) < 4.78 is 12.5. The largest absolute Gasteiger partial charge is 0.379 e. The van der Waals surface area contributed by atoms with E-state index in [1.54, 1.807) is 0 Å². The van der Waals surface area contributed by atoms with E-state index < -0.39 is 0 Å². The van der Waals surface area contributed by atoms with Crippen molar-refractivity contribution >= 4 is 0 Å². The fourth-order valence-electron chi connectivity index (χ4n) is 5.82. The molecule has 1 aliphatic rings. The molecule has 0 radical (unpaired) electrons. The zero-order valence-corrected chi connectivity index (χ0v) is 25.6. The number of nitrogens with zero attached hydrogens (tertiary/aromatic N) is 2. The molecule has 39 heavy (non-hydrogen) atoms. The summed E-state index contributed by atoms with van der Waals surface area (Å²) in [6.07, 6.45) is 23.1. The van der Waals surface area contributed by atoms with Crippen molar-refractivity contribution in [2.45, 2.75) is 141 Å². The monoisotopic (exact) mass is 540 g/mol. The molecule has 1 aromatic rings. The van der Waals surface area contributed by atoms with E-state index >= 15 is 0 Å². The van der Waals surface area contributed by atoms with E-state index in [-0.39, 0.29) is 11.5 Å². The van der Waals surface area contributed by atoms with Crippen LogP contribution in [0.25, 0.3) is 0 Å². The number of hydrogen-bond acceptors (Lipinski definition) is 4. The first-order valence-corrected chi connectivity index (χ1v) is 16.6. The average Bonchev–Trinajstić information content (AvgIpc) is 2.98. The molecule has 0 spiro atoms.